The monoisotopic (exact) mass is 271 g/mol. The van der Waals surface area contributed by atoms with Gasteiger partial charge in [-0.05, 0) is 36.6 Å². The average molecular weight is 271 g/mol. The maximum atomic E-state index is 9.25. The molecule has 1 aliphatic heterocycles. The molecule has 1 aromatic heterocycles. The van der Waals surface area contributed by atoms with Gasteiger partial charge in [-0.15, -0.1) is 0 Å². The van der Waals surface area contributed by atoms with Crippen LogP contribution in [0.5, 0.6) is 17.2 Å². The van der Waals surface area contributed by atoms with Crippen LogP contribution < -0.4 is 9.47 Å². The minimum Gasteiger partial charge on any atom is -0.506 e. The van der Waals surface area contributed by atoms with Crippen molar-refractivity contribution in [3.8, 4) is 17.2 Å². The van der Waals surface area contributed by atoms with E-state index < -0.39 is 0 Å². The SMILES string of the molecule is COc1cccc2c1OC[C@H](Cc1ccc(O)cn1)C2. The molecule has 0 aliphatic carbocycles. The quantitative estimate of drug-likeness (QED) is 0.932. The number of benzene rings is 1. The van der Waals surface area contributed by atoms with E-state index in [1.807, 2.05) is 18.2 Å². The fraction of sp³-hybridized carbons (Fsp3) is 0.312. The lowest BCUT2D eigenvalue weighted by atomic mass is 9.92. The van der Waals surface area contributed by atoms with Gasteiger partial charge >= 0.3 is 0 Å². The van der Waals surface area contributed by atoms with Crippen molar-refractivity contribution in [2.24, 2.45) is 5.92 Å². The van der Waals surface area contributed by atoms with E-state index in [2.05, 4.69) is 11.1 Å². The molecule has 0 amide bonds. The van der Waals surface area contributed by atoms with E-state index in [4.69, 9.17) is 9.47 Å². The van der Waals surface area contributed by atoms with Gasteiger partial charge < -0.3 is 14.6 Å². The first-order valence-electron chi connectivity index (χ1n) is 6.69. The Bertz CT molecular complexity index is 595. The van der Waals surface area contributed by atoms with E-state index in [9.17, 15) is 5.11 Å². The van der Waals surface area contributed by atoms with Gasteiger partial charge in [0.15, 0.2) is 11.5 Å². The summed E-state index contributed by atoms with van der Waals surface area (Å²) in [4.78, 5) is 4.23. The molecule has 2 heterocycles. The van der Waals surface area contributed by atoms with Crippen LogP contribution >= 0.6 is 0 Å². The summed E-state index contributed by atoms with van der Waals surface area (Å²) >= 11 is 0. The number of aromatic hydroxyl groups is 1. The van der Waals surface area contributed by atoms with Gasteiger partial charge in [-0.25, -0.2) is 0 Å². The van der Waals surface area contributed by atoms with Crippen molar-refractivity contribution in [2.45, 2.75) is 12.8 Å². The first-order valence-corrected chi connectivity index (χ1v) is 6.69. The first kappa shape index (κ1) is 12.8. The van der Waals surface area contributed by atoms with Gasteiger partial charge in [-0.2, -0.15) is 0 Å². The fourth-order valence-electron chi connectivity index (χ4n) is 2.58. The molecule has 1 N–H and O–H groups in total. The molecule has 1 aliphatic rings. The molecule has 0 bridgehead atoms. The summed E-state index contributed by atoms with van der Waals surface area (Å²) in [7, 11) is 1.66. The second kappa shape index (κ2) is 5.41. The van der Waals surface area contributed by atoms with E-state index in [1.165, 1.54) is 11.8 Å². The van der Waals surface area contributed by atoms with Gasteiger partial charge in [0, 0.05) is 11.6 Å². The second-order valence-corrected chi connectivity index (χ2v) is 5.04. The highest BCUT2D eigenvalue weighted by Gasteiger charge is 2.23. The van der Waals surface area contributed by atoms with E-state index >= 15 is 0 Å². The van der Waals surface area contributed by atoms with Crippen LogP contribution in [-0.2, 0) is 12.8 Å². The molecule has 1 atom stereocenters. The molecule has 20 heavy (non-hydrogen) atoms. The van der Waals surface area contributed by atoms with Crippen molar-refractivity contribution < 1.29 is 14.6 Å². The van der Waals surface area contributed by atoms with Crippen molar-refractivity contribution in [1.29, 1.82) is 0 Å². The number of rotatable bonds is 3. The molecular weight excluding hydrogens is 254 g/mol. The van der Waals surface area contributed by atoms with Gasteiger partial charge in [0.1, 0.15) is 5.75 Å². The highest BCUT2D eigenvalue weighted by atomic mass is 16.5. The largest absolute Gasteiger partial charge is 0.506 e. The predicted molar refractivity (Wildman–Crippen MR) is 75.3 cm³/mol. The Morgan fingerprint density at radius 1 is 1.35 bits per heavy atom. The van der Waals surface area contributed by atoms with Crippen LogP contribution in [0.1, 0.15) is 11.3 Å². The molecule has 0 fully saturated rings. The summed E-state index contributed by atoms with van der Waals surface area (Å²) in [6.45, 7) is 0.663. The molecule has 1 aromatic carbocycles. The number of nitrogens with zero attached hydrogens (tertiary/aromatic N) is 1. The molecule has 2 aromatic rings. The number of ether oxygens (including phenoxy) is 2. The molecule has 104 valence electrons. The summed E-state index contributed by atoms with van der Waals surface area (Å²) in [5.74, 6) is 2.25. The van der Waals surface area contributed by atoms with E-state index in [0.29, 0.717) is 12.5 Å². The molecular formula is C16H17NO3. The predicted octanol–water partition coefficient (Wildman–Crippen LogP) is 2.59. The molecule has 4 heteroatoms. The Hall–Kier alpha value is -2.23. The van der Waals surface area contributed by atoms with E-state index in [-0.39, 0.29) is 5.75 Å². The zero-order valence-electron chi connectivity index (χ0n) is 11.4. The Balaban J connectivity index is 1.74. The van der Waals surface area contributed by atoms with E-state index in [1.54, 1.807) is 13.2 Å². The maximum absolute atomic E-state index is 9.25. The molecule has 0 radical (unpaired) electrons. The lowest BCUT2D eigenvalue weighted by molar-refractivity contribution is 0.210. The molecule has 0 saturated carbocycles. The number of fused-ring (bicyclic) bond motifs is 1. The standard InChI is InChI=1S/C16H17NO3/c1-19-15-4-2-3-12-7-11(10-20-16(12)15)8-13-5-6-14(18)9-17-13/h2-6,9,11,18H,7-8,10H2,1H3/t11-/m0/s1. The number of para-hydroxylation sites is 1. The Labute approximate surface area is 118 Å². The summed E-state index contributed by atoms with van der Waals surface area (Å²) in [6, 6.07) is 9.51. The van der Waals surface area contributed by atoms with Crippen molar-refractivity contribution >= 4 is 0 Å². The normalized spacial score (nSPS) is 17.1. The van der Waals surface area contributed by atoms with Gasteiger partial charge in [-0.1, -0.05) is 12.1 Å². The lowest BCUT2D eigenvalue weighted by Gasteiger charge is -2.26. The highest BCUT2D eigenvalue weighted by molar-refractivity contribution is 5.47. The molecule has 3 rings (SSSR count). The van der Waals surface area contributed by atoms with Crippen LogP contribution in [0, 0.1) is 5.92 Å². The summed E-state index contributed by atoms with van der Waals surface area (Å²) in [5, 5.41) is 9.25. The molecule has 0 unspecified atom stereocenters. The van der Waals surface area contributed by atoms with Crippen LogP contribution in [0.2, 0.25) is 0 Å². The second-order valence-electron chi connectivity index (χ2n) is 5.04. The number of pyridine rings is 1. The lowest BCUT2D eigenvalue weighted by Crippen LogP contribution is -2.23. The summed E-state index contributed by atoms with van der Waals surface area (Å²) in [6.07, 6.45) is 3.28. The van der Waals surface area contributed by atoms with Crippen molar-refractivity contribution in [2.75, 3.05) is 13.7 Å². The Morgan fingerprint density at radius 2 is 2.25 bits per heavy atom. The summed E-state index contributed by atoms with van der Waals surface area (Å²) < 4.78 is 11.2. The van der Waals surface area contributed by atoms with Crippen LogP contribution in [0.25, 0.3) is 0 Å². The van der Waals surface area contributed by atoms with Gasteiger partial charge in [0.05, 0.1) is 19.9 Å². The van der Waals surface area contributed by atoms with Gasteiger partial charge in [0.2, 0.25) is 0 Å². The van der Waals surface area contributed by atoms with Gasteiger partial charge in [-0.3, -0.25) is 4.98 Å². The minimum absolute atomic E-state index is 0.198. The minimum atomic E-state index is 0.198. The van der Waals surface area contributed by atoms with Crippen LogP contribution in [-0.4, -0.2) is 23.8 Å². The average Bonchev–Trinajstić information content (AvgIpc) is 2.49. The molecule has 0 spiro atoms. The number of aromatic nitrogens is 1. The number of hydrogen-bond acceptors (Lipinski definition) is 4. The van der Waals surface area contributed by atoms with Crippen molar-refractivity contribution in [3.05, 3.63) is 47.8 Å². The first-order chi connectivity index (χ1) is 9.76. The third-order valence-electron chi connectivity index (χ3n) is 3.56. The third kappa shape index (κ3) is 2.54. The Kier molecular flexibility index (Phi) is 3.46. The zero-order valence-corrected chi connectivity index (χ0v) is 11.4. The molecule has 0 saturated heterocycles. The third-order valence-corrected chi connectivity index (χ3v) is 3.56. The smallest absolute Gasteiger partial charge is 0.164 e. The van der Waals surface area contributed by atoms with Crippen molar-refractivity contribution in [1.82, 2.24) is 4.98 Å². The van der Waals surface area contributed by atoms with Gasteiger partial charge in [0.25, 0.3) is 0 Å². The fourth-order valence-corrected chi connectivity index (χ4v) is 2.58. The topological polar surface area (TPSA) is 51.6 Å². The number of hydrogen-bond donors (Lipinski definition) is 1. The molecule has 4 nitrogen and oxygen atoms in total. The zero-order chi connectivity index (χ0) is 13.9. The Morgan fingerprint density at radius 3 is 3.00 bits per heavy atom. The summed E-state index contributed by atoms with van der Waals surface area (Å²) in [5.41, 5.74) is 2.15. The van der Waals surface area contributed by atoms with Crippen LogP contribution in [0.15, 0.2) is 36.5 Å². The van der Waals surface area contributed by atoms with Crippen LogP contribution in [0.4, 0.5) is 0 Å². The number of methoxy groups -OCH3 is 1. The highest BCUT2D eigenvalue weighted by Crippen LogP contribution is 2.36. The van der Waals surface area contributed by atoms with Crippen LogP contribution in [0.3, 0.4) is 0 Å². The maximum Gasteiger partial charge on any atom is 0.164 e. The van der Waals surface area contributed by atoms with E-state index in [0.717, 1.165) is 30.0 Å². The van der Waals surface area contributed by atoms with Crippen molar-refractivity contribution in [3.63, 3.8) is 0 Å².